The smallest absolute Gasteiger partial charge is 0.255 e. The maximum atomic E-state index is 13.6. The third-order valence-electron chi connectivity index (χ3n) is 5.69. The minimum absolute atomic E-state index is 0. The lowest BCUT2D eigenvalue weighted by Gasteiger charge is -2.27. The molecule has 11 heteroatoms. The largest absolute Gasteiger partial charge is 0.378 e. The van der Waals surface area contributed by atoms with Crippen molar-refractivity contribution in [2.45, 2.75) is 6.92 Å². The second-order valence-electron chi connectivity index (χ2n) is 7.99. The number of aromatic nitrogens is 3. The van der Waals surface area contributed by atoms with Gasteiger partial charge in [0.2, 0.25) is 0 Å². The molecule has 36 heavy (non-hydrogen) atoms. The molecule has 0 unspecified atom stereocenters. The maximum absolute atomic E-state index is 13.6. The van der Waals surface area contributed by atoms with Crippen molar-refractivity contribution in [3.63, 3.8) is 0 Å². The molecule has 1 aliphatic rings. The first kappa shape index (κ1) is 27.1. The zero-order chi connectivity index (χ0) is 23.5. The van der Waals surface area contributed by atoms with Crippen LogP contribution in [0.3, 0.4) is 0 Å². The van der Waals surface area contributed by atoms with Crippen LogP contribution in [0.15, 0.2) is 61.1 Å². The predicted octanol–water partition coefficient (Wildman–Crippen LogP) is 5.15. The minimum Gasteiger partial charge on any atom is -0.378 e. The molecule has 8 nitrogen and oxygen atoms in total. The average molecular weight is 531 g/mol. The Balaban J connectivity index is 0.00000180. The Morgan fingerprint density at radius 1 is 1.00 bits per heavy atom. The van der Waals surface area contributed by atoms with Crippen LogP contribution in [0.5, 0.6) is 0 Å². The van der Waals surface area contributed by atoms with E-state index in [1.54, 1.807) is 24.4 Å². The summed E-state index contributed by atoms with van der Waals surface area (Å²) in [7, 11) is 0. The first-order valence-electron chi connectivity index (χ1n) is 10.9. The summed E-state index contributed by atoms with van der Waals surface area (Å²) in [6.07, 6.45) is 3.03. The van der Waals surface area contributed by atoms with Gasteiger partial charge in [-0.1, -0.05) is 6.07 Å². The number of anilines is 4. The van der Waals surface area contributed by atoms with Gasteiger partial charge in [0.1, 0.15) is 23.8 Å². The molecule has 1 fully saturated rings. The summed E-state index contributed by atoms with van der Waals surface area (Å²) in [5.74, 6) is 0.732. The number of nitrogens with zero attached hydrogens (tertiary/aromatic N) is 4. The van der Waals surface area contributed by atoms with Crippen molar-refractivity contribution in [2.24, 2.45) is 0 Å². The highest BCUT2D eigenvalue weighted by Gasteiger charge is 2.15. The van der Waals surface area contributed by atoms with E-state index in [2.05, 4.69) is 30.5 Å². The molecule has 0 radical (unpaired) electrons. The second-order valence-corrected chi connectivity index (χ2v) is 7.99. The molecule has 5 rings (SSSR count). The monoisotopic (exact) mass is 530 g/mol. The third kappa shape index (κ3) is 5.99. The molecule has 2 aromatic carbocycles. The molecule has 0 atom stereocenters. The number of benzene rings is 2. The number of hydrogen-bond donors (Lipinski definition) is 2. The lowest BCUT2D eigenvalue weighted by Crippen LogP contribution is -2.36. The number of carbonyl (C=O) groups is 1. The Hall–Kier alpha value is -3.53. The number of ether oxygens (including phenoxy) is 1. The number of halogens is 3. The Morgan fingerprint density at radius 3 is 2.61 bits per heavy atom. The van der Waals surface area contributed by atoms with Gasteiger partial charge in [0.15, 0.2) is 0 Å². The highest BCUT2D eigenvalue weighted by molar-refractivity contribution is 6.05. The van der Waals surface area contributed by atoms with Gasteiger partial charge in [-0.25, -0.2) is 19.3 Å². The number of carbonyl (C=O) groups excluding carboxylic acids is 1. The standard InChI is InChI=1S/C25H23FN6O2.2ClH/c1-16-2-4-19(14-21(16)31-24-20-5-3-18(26)13-22(20)28-15-29-24)30-25(33)17-6-7-27-23(12-17)32-8-10-34-11-9-32;;/h2-7,12-15H,8-11H2,1H3,(H,30,33)(H,28,29,31);2*1H. The molecule has 3 heterocycles. The Kier molecular flexibility index (Phi) is 8.98. The number of rotatable bonds is 5. The molecule has 188 valence electrons. The van der Waals surface area contributed by atoms with Crippen LogP contribution < -0.4 is 15.5 Å². The zero-order valence-corrected chi connectivity index (χ0v) is 21.0. The van der Waals surface area contributed by atoms with Crippen LogP contribution in [0.1, 0.15) is 15.9 Å². The lowest BCUT2D eigenvalue weighted by atomic mass is 10.1. The van der Waals surface area contributed by atoms with Crippen molar-refractivity contribution >= 4 is 64.6 Å². The summed E-state index contributed by atoms with van der Waals surface area (Å²) in [5.41, 5.74) is 3.40. The van der Waals surface area contributed by atoms with Crippen molar-refractivity contribution in [2.75, 3.05) is 41.8 Å². The summed E-state index contributed by atoms with van der Waals surface area (Å²) < 4.78 is 19.0. The van der Waals surface area contributed by atoms with Crippen molar-refractivity contribution in [1.29, 1.82) is 0 Å². The van der Waals surface area contributed by atoms with E-state index in [1.807, 2.05) is 25.1 Å². The van der Waals surface area contributed by atoms with Crippen molar-refractivity contribution in [3.05, 3.63) is 78.0 Å². The van der Waals surface area contributed by atoms with Gasteiger partial charge in [0, 0.05) is 47.7 Å². The molecule has 0 saturated carbocycles. The molecule has 0 spiro atoms. The van der Waals surface area contributed by atoms with Gasteiger partial charge >= 0.3 is 0 Å². The molecule has 0 aliphatic carbocycles. The number of aryl methyl sites for hydroxylation is 1. The fraction of sp³-hybridized carbons (Fsp3) is 0.200. The zero-order valence-electron chi connectivity index (χ0n) is 19.4. The van der Waals surface area contributed by atoms with Gasteiger partial charge in [-0.05, 0) is 48.9 Å². The van der Waals surface area contributed by atoms with Crippen molar-refractivity contribution in [3.8, 4) is 0 Å². The van der Waals surface area contributed by atoms with Gasteiger partial charge < -0.3 is 20.3 Å². The highest BCUT2D eigenvalue weighted by atomic mass is 35.5. The van der Waals surface area contributed by atoms with E-state index < -0.39 is 0 Å². The summed E-state index contributed by atoms with van der Waals surface area (Å²) in [5, 5.41) is 6.94. The number of morpholine rings is 1. The molecule has 2 aromatic heterocycles. The molecule has 4 aromatic rings. The molecule has 1 amide bonds. The first-order valence-corrected chi connectivity index (χ1v) is 10.9. The Morgan fingerprint density at radius 2 is 1.81 bits per heavy atom. The summed E-state index contributed by atoms with van der Waals surface area (Å²) in [4.78, 5) is 27.9. The number of nitrogens with one attached hydrogen (secondary N) is 2. The van der Waals surface area contributed by atoms with Gasteiger partial charge in [0.05, 0.1) is 18.7 Å². The van der Waals surface area contributed by atoms with Crippen molar-refractivity contribution < 1.29 is 13.9 Å². The summed E-state index contributed by atoms with van der Waals surface area (Å²) >= 11 is 0. The number of pyridine rings is 1. The molecule has 1 saturated heterocycles. The average Bonchev–Trinajstić information content (AvgIpc) is 2.86. The van der Waals surface area contributed by atoms with Crippen LogP contribution in [0.25, 0.3) is 10.9 Å². The van der Waals surface area contributed by atoms with Crippen LogP contribution in [0.2, 0.25) is 0 Å². The van der Waals surface area contributed by atoms with Gasteiger partial charge in [-0.2, -0.15) is 0 Å². The van der Waals surface area contributed by atoms with Crippen molar-refractivity contribution in [1.82, 2.24) is 15.0 Å². The van der Waals surface area contributed by atoms with E-state index >= 15 is 0 Å². The fourth-order valence-corrected chi connectivity index (χ4v) is 3.82. The fourth-order valence-electron chi connectivity index (χ4n) is 3.82. The van der Waals surface area contributed by atoms with E-state index in [1.165, 1.54) is 18.5 Å². The van der Waals surface area contributed by atoms with E-state index in [0.29, 0.717) is 41.2 Å². The quantitative estimate of drug-likeness (QED) is 0.368. The molecular formula is C25H25Cl2FN6O2. The van der Waals surface area contributed by atoms with Gasteiger partial charge in [-0.3, -0.25) is 4.79 Å². The first-order chi connectivity index (χ1) is 16.6. The molecule has 0 bridgehead atoms. The SMILES string of the molecule is Cc1ccc(NC(=O)c2ccnc(N3CCOCC3)c2)cc1Nc1ncnc2cc(F)ccc12.Cl.Cl. The normalized spacial score (nSPS) is 12.9. The van der Waals surface area contributed by atoms with Gasteiger partial charge in [-0.15, -0.1) is 24.8 Å². The van der Waals surface area contributed by atoms with E-state index in [9.17, 15) is 9.18 Å². The lowest BCUT2D eigenvalue weighted by molar-refractivity contribution is 0.102. The molecule has 2 N–H and O–H groups in total. The van der Waals surface area contributed by atoms with E-state index in [-0.39, 0.29) is 36.5 Å². The van der Waals surface area contributed by atoms with Crippen LogP contribution in [-0.2, 0) is 4.74 Å². The molecular weight excluding hydrogens is 506 g/mol. The van der Waals surface area contributed by atoms with Crippen LogP contribution in [0, 0.1) is 12.7 Å². The van der Waals surface area contributed by atoms with Crippen LogP contribution in [0.4, 0.5) is 27.4 Å². The van der Waals surface area contributed by atoms with Gasteiger partial charge in [0.25, 0.3) is 5.91 Å². The Labute approximate surface area is 220 Å². The maximum Gasteiger partial charge on any atom is 0.255 e. The molecule has 1 aliphatic heterocycles. The predicted molar refractivity (Wildman–Crippen MR) is 144 cm³/mol. The van der Waals surface area contributed by atoms with E-state index in [4.69, 9.17) is 4.74 Å². The number of hydrogen-bond acceptors (Lipinski definition) is 7. The minimum atomic E-state index is -0.356. The number of fused-ring (bicyclic) bond motifs is 1. The van der Waals surface area contributed by atoms with Crippen LogP contribution in [-0.4, -0.2) is 47.2 Å². The van der Waals surface area contributed by atoms with E-state index in [0.717, 1.165) is 30.2 Å². The Bertz CT molecular complexity index is 1370. The summed E-state index contributed by atoms with van der Waals surface area (Å²) in [6, 6.07) is 13.5. The second kappa shape index (κ2) is 11.9. The summed E-state index contributed by atoms with van der Waals surface area (Å²) in [6.45, 7) is 4.74. The topological polar surface area (TPSA) is 92.3 Å². The number of amides is 1. The highest BCUT2D eigenvalue weighted by Crippen LogP contribution is 2.28. The van der Waals surface area contributed by atoms with Crippen LogP contribution >= 0.6 is 24.8 Å². The third-order valence-corrected chi connectivity index (χ3v) is 5.69.